The van der Waals surface area contributed by atoms with E-state index < -0.39 is 0 Å². The van der Waals surface area contributed by atoms with E-state index in [4.69, 9.17) is 28.9 Å². The summed E-state index contributed by atoms with van der Waals surface area (Å²) in [6.45, 7) is 19.5. The SMILES string of the molecule is CCCN=C(N)N.N=[C-]N.N=[C-]N.[CH-]=C(C)C=C[CH]=[W].[CH2-]CCC([CH2-])C.[W]. The van der Waals surface area contributed by atoms with E-state index in [0.29, 0.717) is 5.92 Å². The first kappa shape index (κ1) is 40.6. The molecule has 0 spiro atoms. The van der Waals surface area contributed by atoms with Crippen LogP contribution in [0.1, 0.15) is 40.0 Å². The molecule has 0 aromatic carbocycles. The number of hydrogen-bond donors (Lipinski definition) is 6. The molecule has 27 heavy (non-hydrogen) atoms. The smallest absolute Gasteiger partial charge is 0 e. The summed E-state index contributed by atoms with van der Waals surface area (Å²) in [7, 11) is 0. The minimum atomic E-state index is 0. The average Bonchev–Trinajstić information content (AvgIpc) is 2.53. The molecule has 0 aromatic heterocycles. The summed E-state index contributed by atoms with van der Waals surface area (Å²) in [4.78, 5) is 3.72. The number of nitrogens with zero attached hydrogens (tertiary/aromatic N) is 1. The second-order valence-corrected chi connectivity index (χ2v) is 5.56. The Labute approximate surface area is 192 Å². The number of nitrogens with one attached hydrogen (secondary N) is 2. The van der Waals surface area contributed by atoms with E-state index in [2.05, 4.69) is 37.2 Å². The maximum atomic E-state index is 5.74. The molecule has 0 aromatic rings. The van der Waals surface area contributed by atoms with Crippen LogP contribution >= 0.6 is 0 Å². The van der Waals surface area contributed by atoms with Crippen LogP contribution < -0.4 is 22.9 Å². The van der Waals surface area contributed by atoms with Crippen LogP contribution in [0.5, 0.6) is 0 Å². The zero-order valence-electron chi connectivity index (χ0n) is 16.7. The van der Waals surface area contributed by atoms with Gasteiger partial charge in [0.15, 0.2) is 5.96 Å². The molecule has 1 unspecified atom stereocenters. The Morgan fingerprint density at radius 3 is 1.78 bits per heavy atom. The third-order valence-corrected chi connectivity index (χ3v) is 2.22. The summed E-state index contributed by atoms with van der Waals surface area (Å²) in [6, 6.07) is 0. The topological polar surface area (TPSA) is 164 Å². The van der Waals surface area contributed by atoms with Crippen molar-refractivity contribution in [2.45, 2.75) is 40.0 Å². The predicted molar refractivity (Wildman–Crippen MR) is 113 cm³/mol. The maximum absolute atomic E-state index is 5.74. The van der Waals surface area contributed by atoms with Crippen molar-refractivity contribution in [2.24, 2.45) is 33.8 Å². The third kappa shape index (κ3) is 133. The van der Waals surface area contributed by atoms with Crippen molar-refractivity contribution in [1.82, 2.24) is 0 Å². The molecule has 0 aliphatic heterocycles. The molecule has 0 saturated carbocycles. The summed E-state index contributed by atoms with van der Waals surface area (Å²) >= 11 is 1.45. The summed E-state index contributed by atoms with van der Waals surface area (Å²) in [6.07, 6.45) is 10.0. The Bertz CT molecular complexity index is 359. The fraction of sp³-hybridized carbons (Fsp3) is 0.444. The molecular formula is C18H36N7W2-5. The van der Waals surface area contributed by atoms with Crippen molar-refractivity contribution in [2.75, 3.05) is 6.54 Å². The van der Waals surface area contributed by atoms with Gasteiger partial charge in [-0.1, -0.05) is 13.8 Å². The Balaban J connectivity index is -0.0000000527. The van der Waals surface area contributed by atoms with Crippen molar-refractivity contribution >= 4 is 23.0 Å². The number of nitrogens with two attached hydrogens (primary N) is 4. The zero-order valence-corrected chi connectivity index (χ0v) is 22.6. The Hall–Kier alpha value is -1.06. The van der Waals surface area contributed by atoms with Crippen LogP contribution in [0.25, 0.3) is 0 Å². The predicted octanol–water partition coefficient (Wildman–Crippen LogP) is 1.87. The molecule has 0 heterocycles. The van der Waals surface area contributed by atoms with E-state index in [1.54, 1.807) is 0 Å². The van der Waals surface area contributed by atoms with Crippen LogP contribution in [0.4, 0.5) is 0 Å². The molecule has 0 aliphatic rings. The zero-order chi connectivity index (χ0) is 21.8. The summed E-state index contributed by atoms with van der Waals surface area (Å²) in [5.74, 6) is 0.768. The summed E-state index contributed by atoms with van der Waals surface area (Å²) < 4.78 is 2.02. The fourth-order valence-corrected chi connectivity index (χ4v) is 1.06. The summed E-state index contributed by atoms with van der Waals surface area (Å²) in [5.41, 5.74) is 19.4. The minimum Gasteiger partial charge on any atom is -0.343 e. The quantitative estimate of drug-likeness (QED) is 0.0814. The molecule has 0 bridgehead atoms. The molecule has 9 heteroatoms. The van der Waals surface area contributed by atoms with Crippen molar-refractivity contribution in [3.8, 4) is 0 Å². The van der Waals surface area contributed by atoms with Gasteiger partial charge < -0.3 is 60.3 Å². The van der Waals surface area contributed by atoms with Gasteiger partial charge in [-0.05, 0) is 6.42 Å². The van der Waals surface area contributed by atoms with Gasteiger partial charge in [-0.15, -0.1) is 6.42 Å². The molecule has 0 aliphatic carbocycles. The van der Waals surface area contributed by atoms with Gasteiger partial charge in [-0.3, -0.25) is 4.99 Å². The van der Waals surface area contributed by atoms with E-state index >= 15 is 0 Å². The van der Waals surface area contributed by atoms with Crippen LogP contribution in [0, 0.1) is 37.2 Å². The summed E-state index contributed by atoms with van der Waals surface area (Å²) in [5, 5.41) is 11.5. The largest absolute Gasteiger partial charge is 0.343 e. The van der Waals surface area contributed by atoms with Crippen molar-refractivity contribution in [3.63, 3.8) is 0 Å². The number of hydrogen-bond acceptors (Lipinski definition) is 3. The van der Waals surface area contributed by atoms with Crippen LogP contribution in [-0.4, -0.2) is 29.6 Å². The molecule has 0 amide bonds. The van der Waals surface area contributed by atoms with Gasteiger partial charge in [0.05, 0.1) is 0 Å². The molecule has 7 nitrogen and oxygen atoms in total. The van der Waals surface area contributed by atoms with E-state index in [0.717, 1.165) is 31.4 Å². The van der Waals surface area contributed by atoms with Crippen LogP contribution in [-0.2, 0) is 40.4 Å². The van der Waals surface area contributed by atoms with Crippen molar-refractivity contribution in [3.05, 3.63) is 38.2 Å². The van der Waals surface area contributed by atoms with Gasteiger partial charge in [-0.25, -0.2) is 0 Å². The Morgan fingerprint density at radius 2 is 1.70 bits per heavy atom. The molecule has 0 rings (SSSR count). The third-order valence-electron chi connectivity index (χ3n) is 1.65. The number of guanidine groups is 1. The monoisotopic (exact) mass is 718 g/mol. The van der Waals surface area contributed by atoms with Crippen molar-refractivity contribution in [1.29, 1.82) is 10.8 Å². The Kier molecular flexibility index (Phi) is 66.7. The van der Waals surface area contributed by atoms with Crippen molar-refractivity contribution < 1.29 is 40.4 Å². The van der Waals surface area contributed by atoms with Gasteiger partial charge in [0.25, 0.3) is 0 Å². The molecule has 10 N–H and O–H groups in total. The van der Waals surface area contributed by atoms with E-state index in [1.807, 2.05) is 30.4 Å². The molecule has 0 radical (unpaired) electrons. The molecule has 160 valence electrons. The van der Waals surface area contributed by atoms with Crippen LogP contribution in [0.3, 0.4) is 0 Å². The van der Waals surface area contributed by atoms with Crippen LogP contribution in [0.15, 0.2) is 22.7 Å². The van der Waals surface area contributed by atoms with Gasteiger partial charge in [0, 0.05) is 27.6 Å². The first-order valence-corrected chi connectivity index (χ1v) is 9.47. The van der Waals surface area contributed by atoms with Gasteiger partial charge in [0.1, 0.15) is 0 Å². The van der Waals surface area contributed by atoms with Gasteiger partial charge in [-0.2, -0.15) is 12.3 Å². The molecule has 0 saturated heterocycles. The number of aliphatic imine (C=N–C) groups is 1. The molecule has 0 fully saturated rings. The Morgan fingerprint density at radius 1 is 1.30 bits per heavy atom. The second-order valence-electron chi connectivity index (χ2n) is 4.58. The normalized spacial score (nSPS) is 8.63. The minimum absolute atomic E-state index is 0. The van der Waals surface area contributed by atoms with E-state index in [9.17, 15) is 0 Å². The van der Waals surface area contributed by atoms with Gasteiger partial charge >= 0.3 is 55.0 Å². The number of rotatable bonds is 6. The first-order valence-electron chi connectivity index (χ1n) is 7.78. The van der Waals surface area contributed by atoms with E-state index in [-0.39, 0.29) is 27.0 Å². The van der Waals surface area contributed by atoms with Gasteiger partial charge in [0.2, 0.25) is 0 Å². The average molecular weight is 718 g/mol. The first-order chi connectivity index (χ1) is 12.1. The molecule has 1 atom stereocenters. The molecular weight excluding hydrogens is 682 g/mol. The second kappa shape index (κ2) is 44.4. The van der Waals surface area contributed by atoms with Crippen LogP contribution in [0.2, 0.25) is 0 Å². The standard InChI is InChI=1S/C6H12.C6H7.C4H11N3.2CH3N2.2W/c2*1-4-5-6(2)3;1-2-3-7-4(5)6;2*2-1-3;;/h6H,1-2,4-5H2,3H3;1-2,4-5H,3H3;2-3H2,1H3,(H4,5,6,7);2*(H3,2,3);;/q-2;-1;;2*-1;;. The number of allylic oxidation sites excluding steroid dienone is 3. The maximum Gasteiger partial charge on any atom is 0 e. The fourth-order valence-electron chi connectivity index (χ4n) is 0.780. The van der Waals surface area contributed by atoms with E-state index in [1.165, 1.54) is 32.0 Å².